The molecule has 0 unspecified atom stereocenters. The van der Waals surface area contributed by atoms with E-state index in [-0.39, 0.29) is 18.4 Å². The summed E-state index contributed by atoms with van der Waals surface area (Å²) >= 11 is 0. The monoisotopic (exact) mass is 304 g/mol. The highest BCUT2D eigenvalue weighted by molar-refractivity contribution is 7.89. The van der Waals surface area contributed by atoms with Gasteiger partial charge in [-0.25, -0.2) is 8.42 Å². The van der Waals surface area contributed by atoms with Gasteiger partial charge in [0.1, 0.15) is 0 Å². The lowest BCUT2D eigenvalue weighted by Crippen LogP contribution is -2.45. The first kappa shape index (κ1) is 16.4. The summed E-state index contributed by atoms with van der Waals surface area (Å²) in [7, 11) is -3.38. The summed E-state index contributed by atoms with van der Waals surface area (Å²) in [4.78, 5) is 0.375. The van der Waals surface area contributed by atoms with Gasteiger partial charge in [0.15, 0.2) is 0 Å². The first-order valence-electron chi connectivity index (χ1n) is 6.24. The van der Waals surface area contributed by atoms with Crippen LogP contribution in [-0.2, 0) is 10.0 Å². The highest BCUT2D eigenvalue weighted by atomic mass is 35.5. The summed E-state index contributed by atoms with van der Waals surface area (Å²) in [5.41, 5.74) is 7.95. The van der Waals surface area contributed by atoms with E-state index >= 15 is 0 Å². The highest BCUT2D eigenvalue weighted by Gasteiger charge is 2.28. The van der Waals surface area contributed by atoms with Gasteiger partial charge in [0.05, 0.1) is 4.90 Å². The Morgan fingerprint density at radius 1 is 1.26 bits per heavy atom. The van der Waals surface area contributed by atoms with Gasteiger partial charge in [0.2, 0.25) is 10.0 Å². The van der Waals surface area contributed by atoms with Crippen LogP contribution in [0.1, 0.15) is 24.0 Å². The third-order valence-electron chi connectivity index (χ3n) is 3.54. The van der Waals surface area contributed by atoms with Crippen LogP contribution < -0.4 is 5.73 Å². The molecule has 1 aliphatic heterocycles. The Hall–Kier alpha value is -0.620. The van der Waals surface area contributed by atoms with Crippen molar-refractivity contribution >= 4 is 22.4 Å². The van der Waals surface area contributed by atoms with E-state index < -0.39 is 10.0 Å². The van der Waals surface area contributed by atoms with Crippen LogP contribution in [0, 0.1) is 13.8 Å². The third kappa shape index (κ3) is 3.48. The van der Waals surface area contributed by atoms with Crippen molar-refractivity contribution in [2.75, 3.05) is 13.1 Å². The van der Waals surface area contributed by atoms with Gasteiger partial charge in [0.25, 0.3) is 0 Å². The van der Waals surface area contributed by atoms with E-state index in [2.05, 4.69) is 0 Å². The standard InChI is InChI=1S/C13H20N2O2S.ClH/c1-10-5-6-13(8-11(10)2)18(16,17)15-7-3-4-12(14)9-15;/h5-6,8,12H,3-4,7,9,14H2,1-2H3;1H/t12-;/m1./s1. The van der Waals surface area contributed by atoms with E-state index in [4.69, 9.17) is 5.73 Å². The fourth-order valence-corrected chi connectivity index (χ4v) is 3.84. The molecule has 1 atom stereocenters. The maximum atomic E-state index is 12.5. The molecule has 1 saturated heterocycles. The van der Waals surface area contributed by atoms with E-state index in [0.717, 1.165) is 24.0 Å². The predicted molar refractivity (Wildman–Crippen MR) is 79.1 cm³/mol. The molecule has 2 N–H and O–H groups in total. The predicted octanol–water partition coefficient (Wildman–Crippen LogP) is 1.84. The average Bonchev–Trinajstić information content (AvgIpc) is 2.32. The number of hydrogen-bond acceptors (Lipinski definition) is 3. The maximum absolute atomic E-state index is 12.5. The number of aryl methyl sites for hydroxylation is 2. The molecule has 0 spiro atoms. The van der Waals surface area contributed by atoms with Crippen molar-refractivity contribution in [3.63, 3.8) is 0 Å². The van der Waals surface area contributed by atoms with Gasteiger partial charge in [-0.05, 0) is 49.9 Å². The third-order valence-corrected chi connectivity index (χ3v) is 5.40. The molecule has 4 nitrogen and oxygen atoms in total. The van der Waals surface area contributed by atoms with Crippen LogP contribution in [0.5, 0.6) is 0 Å². The second kappa shape index (κ2) is 6.22. The van der Waals surface area contributed by atoms with Crippen LogP contribution in [-0.4, -0.2) is 31.9 Å². The van der Waals surface area contributed by atoms with E-state index in [1.807, 2.05) is 19.9 Å². The molecular weight excluding hydrogens is 284 g/mol. The SMILES string of the molecule is Cc1ccc(S(=O)(=O)N2CCC[C@@H](N)C2)cc1C.Cl. The summed E-state index contributed by atoms with van der Waals surface area (Å²) in [6, 6.07) is 5.23. The summed E-state index contributed by atoms with van der Waals surface area (Å²) in [5, 5.41) is 0. The molecule has 0 radical (unpaired) electrons. The minimum absolute atomic E-state index is 0. The van der Waals surface area contributed by atoms with Gasteiger partial charge < -0.3 is 5.73 Å². The Morgan fingerprint density at radius 2 is 1.95 bits per heavy atom. The lowest BCUT2D eigenvalue weighted by molar-refractivity contribution is 0.316. The van der Waals surface area contributed by atoms with Gasteiger partial charge in [-0.15, -0.1) is 12.4 Å². The Bertz CT molecular complexity index is 546. The van der Waals surface area contributed by atoms with Crippen molar-refractivity contribution in [3.05, 3.63) is 29.3 Å². The van der Waals surface area contributed by atoms with Gasteiger partial charge in [-0.3, -0.25) is 0 Å². The lowest BCUT2D eigenvalue weighted by atomic mass is 10.1. The molecule has 0 bridgehead atoms. The van der Waals surface area contributed by atoms with Crippen molar-refractivity contribution in [1.29, 1.82) is 0 Å². The number of nitrogens with zero attached hydrogens (tertiary/aromatic N) is 1. The number of nitrogens with two attached hydrogens (primary N) is 1. The van der Waals surface area contributed by atoms with Gasteiger partial charge >= 0.3 is 0 Å². The molecule has 19 heavy (non-hydrogen) atoms. The zero-order valence-corrected chi connectivity index (χ0v) is 12.9. The molecule has 0 aliphatic carbocycles. The van der Waals surface area contributed by atoms with E-state index in [1.54, 1.807) is 12.1 Å². The zero-order valence-electron chi connectivity index (χ0n) is 11.3. The maximum Gasteiger partial charge on any atom is 0.243 e. The van der Waals surface area contributed by atoms with E-state index in [0.29, 0.717) is 18.0 Å². The minimum atomic E-state index is -3.38. The van der Waals surface area contributed by atoms with Gasteiger partial charge in [0, 0.05) is 19.1 Å². The second-order valence-corrected chi connectivity index (χ2v) is 6.95. The van der Waals surface area contributed by atoms with Gasteiger partial charge in [-0.2, -0.15) is 4.31 Å². The molecule has 6 heteroatoms. The summed E-state index contributed by atoms with van der Waals surface area (Å²) in [5.74, 6) is 0. The van der Waals surface area contributed by atoms with Crippen LogP contribution in [0.3, 0.4) is 0 Å². The number of benzene rings is 1. The fourth-order valence-electron chi connectivity index (χ4n) is 2.22. The van der Waals surface area contributed by atoms with Crippen molar-refractivity contribution in [2.24, 2.45) is 5.73 Å². The quantitative estimate of drug-likeness (QED) is 0.907. The van der Waals surface area contributed by atoms with Crippen LogP contribution in [0.15, 0.2) is 23.1 Å². The number of hydrogen-bond donors (Lipinski definition) is 1. The van der Waals surface area contributed by atoms with Crippen LogP contribution in [0.2, 0.25) is 0 Å². The topological polar surface area (TPSA) is 63.4 Å². The largest absolute Gasteiger partial charge is 0.327 e. The summed E-state index contributed by atoms with van der Waals surface area (Å²) < 4.78 is 26.4. The summed E-state index contributed by atoms with van der Waals surface area (Å²) in [6.07, 6.45) is 1.74. The number of sulfonamides is 1. The molecular formula is C13H21ClN2O2S. The molecule has 1 aromatic rings. The Morgan fingerprint density at radius 3 is 2.53 bits per heavy atom. The average molecular weight is 305 g/mol. The smallest absolute Gasteiger partial charge is 0.243 e. The van der Waals surface area contributed by atoms with Crippen molar-refractivity contribution in [3.8, 4) is 0 Å². The number of halogens is 1. The molecule has 108 valence electrons. The first-order valence-corrected chi connectivity index (χ1v) is 7.68. The molecule has 1 aromatic carbocycles. The molecule has 0 amide bonds. The Labute approximate surface area is 121 Å². The normalized spacial score (nSPS) is 20.9. The van der Waals surface area contributed by atoms with E-state index in [1.165, 1.54) is 4.31 Å². The molecule has 2 rings (SSSR count). The molecule has 1 aliphatic rings. The van der Waals surface area contributed by atoms with Crippen LogP contribution in [0.4, 0.5) is 0 Å². The van der Waals surface area contributed by atoms with Crippen molar-refractivity contribution in [1.82, 2.24) is 4.31 Å². The lowest BCUT2D eigenvalue weighted by Gasteiger charge is -2.30. The minimum Gasteiger partial charge on any atom is -0.327 e. The van der Waals surface area contributed by atoms with Crippen molar-refractivity contribution < 1.29 is 8.42 Å². The fraction of sp³-hybridized carbons (Fsp3) is 0.538. The highest BCUT2D eigenvalue weighted by Crippen LogP contribution is 2.22. The molecule has 0 aromatic heterocycles. The van der Waals surface area contributed by atoms with E-state index in [9.17, 15) is 8.42 Å². The number of piperidine rings is 1. The zero-order chi connectivity index (χ0) is 13.3. The molecule has 1 fully saturated rings. The van der Waals surface area contributed by atoms with Gasteiger partial charge in [-0.1, -0.05) is 6.07 Å². The number of rotatable bonds is 2. The Balaban J connectivity index is 0.00000180. The molecule has 1 heterocycles. The van der Waals surface area contributed by atoms with Crippen LogP contribution in [0.25, 0.3) is 0 Å². The first-order chi connectivity index (χ1) is 8.41. The van der Waals surface area contributed by atoms with Crippen LogP contribution >= 0.6 is 12.4 Å². The second-order valence-electron chi connectivity index (χ2n) is 5.01. The summed E-state index contributed by atoms with van der Waals surface area (Å²) in [6.45, 7) is 4.90. The Kier molecular flexibility index (Phi) is 5.38. The molecule has 0 saturated carbocycles. The van der Waals surface area contributed by atoms with Crippen molar-refractivity contribution in [2.45, 2.75) is 37.6 Å².